The van der Waals surface area contributed by atoms with Crippen LogP contribution in [0.15, 0.2) is 59.5 Å². The van der Waals surface area contributed by atoms with Crippen molar-refractivity contribution >= 4 is 27.2 Å². The van der Waals surface area contributed by atoms with E-state index in [1.807, 2.05) is 0 Å². The number of hydrogen-bond acceptors (Lipinski definition) is 4. The Kier molecular flexibility index (Phi) is 4.00. The third-order valence-corrected chi connectivity index (χ3v) is 5.47. The number of benzene rings is 2. The van der Waals surface area contributed by atoms with Crippen LogP contribution in [0.25, 0.3) is 38.1 Å². The molecule has 0 aliphatic rings. The van der Waals surface area contributed by atoms with Crippen LogP contribution in [-0.4, -0.2) is 19.6 Å². The Bertz CT molecular complexity index is 1460. The number of pyridine rings is 1. The molecule has 3 heterocycles. The first kappa shape index (κ1) is 18.5. The van der Waals surface area contributed by atoms with E-state index in [0.717, 1.165) is 15.9 Å². The molecule has 0 unspecified atom stereocenters. The van der Waals surface area contributed by atoms with E-state index >= 15 is 0 Å². The predicted molar refractivity (Wildman–Crippen MR) is 105 cm³/mol. The molecule has 5 aromatic rings. The summed E-state index contributed by atoms with van der Waals surface area (Å²) in [5.41, 5.74) is 2.75. The molecule has 5 nitrogen and oxygen atoms in total. The minimum absolute atomic E-state index is 0.00591. The van der Waals surface area contributed by atoms with Crippen LogP contribution in [0.2, 0.25) is 0 Å². The molecule has 0 saturated carbocycles. The van der Waals surface area contributed by atoms with Gasteiger partial charge in [0.05, 0.1) is 10.2 Å². The summed E-state index contributed by atoms with van der Waals surface area (Å²) < 4.78 is 54.8. The number of alkyl halides is 3. The van der Waals surface area contributed by atoms with Crippen LogP contribution in [0.4, 0.5) is 17.6 Å². The Balaban J connectivity index is 1.84. The lowest BCUT2D eigenvalue weighted by Crippen LogP contribution is -2.07. The molecule has 0 radical (unpaired) electrons. The highest BCUT2D eigenvalue weighted by molar-refractivity contribution is 7.16. The monoisotopic (exact) mass is 430 g/mol. The van der Waals surface area contributed by atoms with E-state index in [0.29, 0.717) is 32.5 Å². The standard InChI is InChI=1S/C20H10F4N4OS/c21-12-4-1-10(2-5-12)13-7-8-28-17(26-18(27-28)20(22,23)24)16(13)11-3-6-14-15(9-11)30-19(29)25-14/h1-9H,(H,25,29). The molecule has 3 aromatic heterocycles. The minimum atomic E-state index is -4.70. The fourth-order valence-corrected chi connectivity index (χ4v) is 4.10. The van der Waals surface area contributed by atoms with Gasteiger partial charge in [-0.2, -0.15) is 13.2 Å². The van der Waals surface area contributed by atoms with Crippen molar-refractivity contribution in [2.75, 3.05) is 0 Å². The summed E-state index contributed by atoms with van der Waals surface area (Å²) in [6.45, 7) is 0. The van der Waals surface area contributed by atoms with Gasteiger partial charge in [-0.1, -0.05) is 29.5 Å². The third-order valence-electron chi connectivity index (χ3n) is 4.63. The van der Waals surface area contributed by atoms with Gasteiger partial charge in [-0.25, -0.2) is 13.9 Å². The summed E-state index contributed by atoms with van der Waals surface area (Å²) in [6, 6.07) is 12.3. The van der Waals surface area contributed by atoms with Crippen LogP contribution in [0, 0.1) is 5.82 Å². The molecule has 150 valence electrons. The van der Waals surface area contributed by atoms with Crippen LogP contribution < -0.4 is 4.87 Å². The van der Waals surface area contributed by atoms with Gasteiger partial charge in [0, 0.05) is 11.8 Å². The van der Waals surface area contributed by atoms with Crippen LogP contribution >= 0.6 is 11.3 Å². The quantitative estimate of drug-likeness (QED) is 0.395. The first-order valence-electron chi connectivity index (χ1n) is 8.65. The SMILES string of the molecule is O=c1[nH]c2ccc(-c3c(-c4ccc(F)cc4)ccn4nc(C(F)(F)F)nc34)cc2s1. The molecular formula is C20H10F4N4OS. The first-order chi connectivity index (χ1) is 14.3. The Morgan fingerprint density at radius 3 is 2.47 bits per heavy atom. The highest BCUT2D eigenvalue weighted by atomic mass is 32.1. The van der Waals surface area contributed by atoms with E-state index in [1.165, 1.54) is 18.3 Å². The zero-order valence-corrected chi connectivity index (χ0v) is 15.7. The third kappa shape index (κ3) is 3.05. The number of aromatic nitrogens is 4. The van der Waals surface area contributed by atoms with Crippen LogP contribution in [0.1, 0.15) is 5.82 Å². The van der Waals surface area contributed by atoms with Gasteiger partial charge < -0.3 is 4.98 Å². The molecule has 10 heteroatoms. The van der Waals surface area contributed by atoms with Gasteiger partial charge in [0.15, 0.2) is 5.65 Å². The molecule has 0 aliphatic carbocycles. The Hall–Kier alpha value is -3.53. The number of hydrogen-bond donors (Lipinski definition) is 1. The van der Waals surface area contributed by atoms with Crippen molar-refractivity contribution in [2.45, 2.75) is 6.18 Å². The minimum Gasteiger partial charge on any atom is -0.312 e. The predicted octanol–water partition coefficient (Wildman–Crippen LogP) is 5.12. The van der Waals surface area contributed by atoms with Crippen molar-refractivity contribution < 1.29 is 17.6 Å². The van der Waals surface area contributed by atoms with Gasteiger partial charge in [-0.05, 0) is 47.0 Å². The number of thiazole rings is 1. The Labute approximate surface area is 169 Å². The van der Waals surface area contributed by atoms with Gasteiger partial charge >= 0.3 is 11.0 Å². The summed E-state index contributed by atoms with van der Waals surface area (Å²) in [4.78, 5) is 17.8. The van der Waals surface area contributed by atoms with Gasteiger partial charge in [0.25, 0.3) is 5.82 Å². The summed E-state index contributed by atoms with van der Waals surface area (Å²) in [7, 11) is 0. The second kappa shape index (κ2) is 6.49. The van der Waals surface area contributed by atoms with E-state index in [-0.39, 0.29) is 10.5 Å². The van der Waals surface area contributed by atoms with Gasteiger partial charge in [-0.3, -0.25) is 4.79 Å². The molecule has 30 heavy (non-hydrogen) atoms. The highest BCUT2D eigenvalue weighted by Gasteiger charge is 2.36. The largest absolute Gasteiger partial charge is 0.453 e. The molecule has 0 amide bonds. The normalized spacial score (nSPS) is 12.1. The second-order valence-electron chi connectivity index (χ2n) is 6.54. The average Bonchev–Trinajstić information content (AvgIpc) is 3.29. The highest BCUT2D eigenvalue weighted by Crippen LogP contribution is 2.37. The number of nitrogens with zero attached hydrogens (tertiary/aromatic N) is 3. The second-order valence-corrected chi connectivity index (χ2v) is 7.55. The van der Waals surface area contributed by atoms with Crippen molar-refractivity contribution in [3.63, 3.8) is 0 Å². The lowest BCUT2D eigenvalue weighted by atomic mass is 9.96. The lowest BCUT2D eigenvalue weighted by molar-refractivity contribution is -0.144. The number of aromatic amines is 1. The number of nitrogens with one attached hydrogen (secondary N) is 1. The summed E-state index contributed by atoms with van der Waals surface area (Å²) in [5, 5.41) is 3.55. The van der Waals surface area contributed by atoms with E-state index in [4.69, 9.17) is 0 Å². The maximum atomic E-state index is 13.4. The molecule has 1 N–H and O–H groups in total. The molecule has 0 saturated heterocycles. The van der Waals surface area contributed by atoms with Gasteiger partial charge in [0.1, 0.15) is 5.82 Å². The fourth-order valence-electron chi connectivity index (χ4n) is 3.32. The molecule has 0 atom stereocenters. The number of H-pyrrole nitrogens is 1. The number of fused-ring (bicyclic) bond motifs is 2. The molecule has 5 rings (SSSR count). The van der Waals surface area contributed by atoms with E-state index in [9.17, 15) is 22.4 Å². The smallest absolute Gasteiger partial charge is 0.312 e. The zero-order chi connectivity index (χ0) is 21.0. The van der Waals surface area contributed by atoms with Crippen LogP contribution in [0.3, 0.4) is 0 Å². The van der Waals surface area contributed by atoms with E-state index in [2.05, 4.69) is 15.1 Å². The maximum absolute atomic E-state index is 13.4. The molecule has 0 bridgehead atoms. The summed E-state index contributed by atoms with van der Waals surface area (Å²) in [6.07, 6.45) is -3.32. The van der Waals surface area contributed by atoms with Crippen molar-refractivity contribution in [1.82, 2.24) is 19.6 Å². The van der Waals surface area contributed by atoms with Crippen molar-refractivity contribution in [3.8, 4) is 22.3 Å². The molecule has 0 aliphatic heterocycles. The number of rotatable bonds is 2. The van der Waals surface area contributed by atoms with E-state index < -0.39 is 17.8 Å². The zero-order valence-electron chi connectivity index (χ0n) is 14.9. The summed E-state index contributed by atoms with van der Waals surface area (Å²) in [5.74, 6) is -1.69. The topological polar surface area (TPSA) is 63.0 Å². The number of halogens is 4. The molecule has 0 fully saturated rings. The van der Waals surface area contributed by atoms with Crippen molar-refractivity contribution in [1.29, 1.82) is 0 Å². The first-order valence-corrected chi connectivity index (χ1v) is 9.47. The molecule has 0 spiro atoms. The molecular weight excluding hydrogens is 420 g/mol. The van der Waals surface area contributed by atoms with E-state index in [1.54, 1.807) is 36.4 Å². The van der Waals surface area contributed by atoms with Crippen LogP contribution in [-0.2, 0) is 6.18 Å². The van der Waals surface area contributed by atoms with Crippen molar-refractivity contribution in [3.05, 3.63) is 76.0 Å². The van der Waals surface area contributed by atoms with Gasteiger partial charge in [-0.15, -0.1) is 5.10 Å². The lowest BCUT2D eigenvalue weighted by Gasteiger charge is -2.11. The molecule has 2 aromatic carbocycles. The fraction of sp³-hybridized carbons (Fsp3) is 0.0500. The van der Waals surface area contributed by atoms with Crippen molar-refractivity contribution in [2.24, 2.45) is 0 Å². The maximum Gasteiger partial charge on any atom is 0.453 e. The average molecular weight is 430 g/mol. The Morgan fingerprint density at radius 1 is 1.00 bits per heavy atom. The van der Waals surface area contributed by atoms with Gasteiger partial charge in [0.2, 0.25) is 0 Å². The van der Waals surface area contributed by atoms with Crippen LogP contribution in [0.5, 0.6) is 0 Å². The Morgan fingerprint density at radius 2 is 1.73 bits per heavy atom. The summed E-state index contributed by atoms with van der Waals surface area (Å²) >= 11 is 0.996.